The van der Waals surface area contributed by atoms with Crippen molar-refractivity contribution in [2.75, 3.05) is 46.2 Å². The quantitative estimate of drug-likeness (QED) is 0.204. The molecule has 3 heterocycles. The van der Waals surface area contributed by atoms with E-state index < -0.39 is 46.1 Å². The summed E-state index contributed by atoms with van der Waals surface area (Å²) in [5.74, 6) is 0.674. The van der Waals surface area contributed by atoms with E-state index in [1.165, 1.54) is 22.5 Å². The van der Waals surface area contributed by atoms with Crippen molar-refractivity contribution < 1.29 is 46.8 Å². The number of alkyl carbamates (subject to hydrolysis) is 1. The number of aliphatic hydroxyl groups excluding tert-OH is 1. The van der Waals surface area contributed by atoms with Gasteiger partial charge in [-0.05, 0) is 48.8 Å². The van der Waals surface area contributed by atoms with Crippen LogP contribution < -0.4 is 25.4 Å². The Balaban J connectivity index is 1.35. The molecule has 0 unspecified atom stereocenters. The highest BCUT2D eigenvalue weighted by Crippen LogP contribution is 2.36. The van der Waals surface area contributed by atoms with Gasteiger partial charge in [0.2, 0.25) is 16.8 Å². The Hall–Kier alpha value is -3.63. The van der Waals surface area contributed by atoms with Crippen molar-refractivity contribution in [2.24, 2.45) is 11.3 Å². The maximum Gasteiger partial charge on any atom is 0.407 e. The summed E-state index contributed by atoms with van der Waals surface area (Å²) in [4.78, 5) is 25.3. The SMILES string of the molecule is CCCNC(=O)NCCC(C)(C)CN(C[C@@H](O)[C@H](Cc1ccccc1)NC(=O)O[C@H]1CO[C@H]2OCC[C@H]21)S(=O)(=O)c1ccc2c(c1)OCO2. The molecule has 0 saturated carbocycles. The number of carbonyl (C=O) groups excluding carboxylic acids is 2. The van der Waals surface area contributed by atoms with Gasteiger partial charge in [0, 0.05) is 32.2 Å². The molecule has 0 aromatic heterocycles. The summed E-state index contributed by atoms with van der Waals surface area (Å²) in [5.41, 5.74) is 0.198. The average molecular weight is 705 g/mol. The number of hydrogen-bond donors (Lipinski definition) is 4. The van der Waals surface area contributed by atoms with Gasteiger partial charge in [-0.25, -0.2) is 18.0 Å². The van der Waals surface area contributed by atoms with Gasteiger partial charge in [-0.1, -0.05) is 51.1 Å². The average Bonchev–Trinajstić information content (AvgIpc) is 3.82. The Morgan fingerprint density at radius 2 is 1.82 bits per heavy atom. The molecule has 2 aromatic rings. The minimum absolute atomic E-state index is 0.00405. The molecule has 0 spiro atoms. The highest BCUT2D eigenvalue weighted by molar-refractivity contribution is 7.89. The third-order valence-corrected chi connectivity index (χ3v) is 10.7. The smallest absolute Gasteiger partial charge is 0.407 e. The first kappa shape index (κ1) is 36.6. The maximum absolute atomic E-state index is 14.3. The normalized spacial score (nSPS) is 21.2. The molecule has 3 amide bonds. The molecule has 0 aliphatic carbocycles. The van der Waals surface area contributed by atoms with Gasteiger partial charge in [-0.3, -0.25) is 0 Å². The fourth-order valence-electron chi connectivity index (χ4n) is 6.16. The first-order chi connectivity index (χ1) is 23.4. The van der Waals surface area contributed by atoms with E-state index in [9.17, 15) is 23.1 Å². The highest BCUT2D eigenvalue weighted by atomic mass is 32.2. The van der Waals surface area contributed by atoms with E-state index in [1.54, 1.807) is 0 Å². The predicted molar refractivity (Wildman–Crippen MR) is 179 cm³/mol. The minimum Gasteiger partial charge on any atom is -0.454 e. The summed E-state index contributed by atoms with van der Waals surface area (Å²) in [6, 6.07) is 12.5. The molecule has 14 nitrogen and oxygen atoms in total. The molecule has 3 aliphatic heterocycles. The molecule has 0 radical (unpaired) electrons. The van der Waals surface area contributed by atoms with Crippen LogP contribution in [0.2, 0.25) is 0 Å². The monoisotopic (exact) mass is 704 g/mol. The number of amides is 3. The highest BCUT2D eigenvalue weighted by Gasteiger charge is 2.44. The van der Waals surface area contributed by atoms with E-state index in [0.29, 0.717) is 44.0 Å². The van der Waals surface area contributed by atoms with E-state index >= 15 is 0 Å². The van der Waals surface area contributed by atoms with E-state index in [4.69, 9.17) is 23.7 Å². The van der Waals surface area contributed by atoms with Gasteiger partial charge in [-0.2, -0.15) is 4.31 Å². The number of urea groups is 1. The van der Waals surface area contributed by atoms with Crippen LogP contribution in [0.15, 0.2) is 53.4 Å². The lowest BCUT2D eigenvalue weighted by molar-refractivity contribution is -0.0907. The largest absolute Gasteiger partial charge is 0.454 e. The molecule has 2 aromatic carbocycles. The fourth-order valence-corrected chi connectivity index (χ4v) is 7.83. The standard InChI is InChI=1S/C34H48N4O10S/c1-4-14-35-32(40)36-15-13-34(2,3)21-38(49(42,43)24-10-11-28-29(18-24)47-22-46-28)19-27(39)26(17-23-8-6-5-7-9-23)37-33(41)48-30-20-45-31-25(30)12-16-44-31/h5-11,18,25-27,30-31,39H,4,12-17,19-22H2,1-3H3,(H,37,41)(H2,35,36,40)/t25-,26-,27+,30-,31+/m0/s1. The molecule has 3 aliphatic rings. The molecular weight excluding hydrogens is 656 g/mol. The van der Waals surface area contributed by atoms with E-state index in [2.05, 4.69) is 16.0 Å². The van der Waals surface area contributed by atoms with Gasteiger partial charge in [0.15, 0.2) is 17.8 Å². The van der Waals surface area contributed by atoms with E-state index in [-0.39, 0.29) is 49.8 Å². The van der Waals surface area contributed by atoms with Crippen molar-refractivity contribution in [1.29, 1.82) is 0 Å². The number of rotatable bonds is 16. The molecule has 2 fully saturated rings. The van der Waals surface area contributed by atoms with Crippen LogP contribution >= 0.6 is 0 Å². The Morgan fingerprint density at radius 1 is 1.06 bits per heavy atom. The van der Waals surface area contributed by atoms with E-state index in [0.717, 1.165) is 12.0 Å². The summed E-state index contributed by atoms with van der Waals surface area (Å²) in [6.45, 7) is 6.99. The number of hydrogen-bond acceptors (Lipinski definition) is 10. The van der Waals surface area contributed by atoms with Crippen LogP contribution in [-0.4, -0.2) is 101 Å². The Kier molecular flexibility index (Phi) is 12.3. The Morgan fingerprint density at radius 3 is 2.59 bits per heavy atom. The third kappa shape index (κ3) is 9.75. The second-order valence-corrected chi connectivity index (χ2v) is 15.3. The minimum atomic E-state index is -4.20. The van der Waals surface area contributed by atoms with Gasteiger partial charge in [0.1, 0.15) is 6.10 Å². The number of sulfonamides is 1. The van der Waals surface area contributed by atoms with E-state index in [1.807, 2.05) is 51.1 Å². The molecule has 49 heavy (non-hydrogen) atoms. The second-order valence-electron chi connectivity index (χ2n) is 13.4. The van der Waals surface area contributed by atoms with Crippen LogP contribution in [0, 0.1) is 11.3 Å². The zero-order valence-corrected chi connectivity index (χ0v) is 29.1. The second kappa shape index (κ2) is 16.4. The molecule has 15 heteroatoms. The van der Waals surface area contributed by atoms with Gasteiger partial charge in [0.25, 0.3) is 0 Å². The van der Waals surface area contributed by atoms with Crippen molar-refractivity contribution in [1.82, 2.24) is 20.3 Å². The molecule has 5 rings (SSSR count). The Bertz CT molecular complexity index is 1530. The van der Waals surface area contributed by atoms with Crippen LogP contribution in [0.5, 0.6) is 11.5 Å². The topological polar surface area (TPSA) is 174 Å². The summed E-state index contributed by atoms with van der Waals surface area (Å²) in [6.07, 6.45) is -0.802. The zero-order valence-electron chi connectivity index (χ0n) is 28.3. The summed E-state index contributed by atoms with van der Waals surface area (Å²) >= 11 is 0. The molecular formula is C34H48N4O10S. The molecule has 2 saturated heterocycles. The van der Waals surface area contributed by atoms with Crippen LogP contribution in [0.3, 0.4) is 0 Å². The van der Waals surface area contributed by atoms with Gasteiger partial charge in [-0.15, -0.1) is 0 Å². The van der Waals surface area contributed by atoms with Crippen molar-refractivity contribution in [3.05, 3.63) is 54.1 Å². The van der Waals surface area contributed by atoms with Crippen molar-refractivity contribution >= 4 is 22.1 Å². The molecule has 270 valence electrons. The first-order valence-corrected chi connectivity index (χ1v) is 18.2. The summed E-state index contributed by atoms with van der Waals surface area (Å²) in [7, 11) is -4.20. The number of nitrogens with one attached hydrogen (secondary N) is 3. The number of benzene rings is 2. The molecule has 4 N–H and O–H groups in total. The van der Waals surface area contributed by atoms with Crippen molar-refractivity contribution in [3.63, 3.8) is 0 Å². The van der Waals surface area contributed by atoms with Crippen LogP contribution in [-0.2, 0) is 30.7 Å². The van der Waals surface area contributed by atoms with Gasteiger partial charge < -0.3 is 44.7 Å². The number of ether oxygens (including phenoxy) is 5. The number of carbonyl (C=O) groups is 2. The van der Waals surface area contributed by atoms with Crippen LogP contribution in [0.4, 0.5) is 9.59 Å². The zero-order chi connectivity index (χ0) is 35.0. The lowest BCUT2D eigenvalue weighted by Gasteiger charge is -2.35. The number of nitrogens with zero attached hydrogens (tertiary/aromatic N) is 1. The summed E-state index contributed by atoms with van der Waals surface area (Å²) in [5, 5.41) is 20.2. The van der Waals surface area contributed by atoms with Crippen molar-refractivity contribution in [3.8, 4) is 11.5 Å². The Labute approximate surface area is 287 Å². The van der Waals surface area contributed by atoms with Crippen LogP contribution in [0.25, 0.3) is 0 Å². The van der Waals surface area contributed by atoms with Gasteiger partial charge >= 0.3 is 12.1 Å². The number of aliphatic hydroxyl groups is 1. The molecule has 0 bridgehead atoms. The lowest BCUT2D eigenvalue weighted by atomic mass is 9.89. The third-order valence-electron chi connectivity index (χ3n) is 8.91. The van der Waals surface area contributed by atoms with Crippen molar-refractivity contribution in [2.45, 2.75) is 75.9 Å². The van der Waals surface area contributed by atoms with Crippen LogP contribution in [0.1, 0.15) is 45.6 Å². The maximum atomic E-state index is 14.3. The fraction of sp³-hybridized carbons (Fsp3) is 0.588. The van der Waals surface area contributed by atoms with Gasteiger partial charge in [0.05, 0.1) is 36.2 Å². The predicted octanol–water partition coefficient (Wildman–Crippen LogP) is 2.99. The summed E-state index contributed by atoms with van der Waals surface area (Å²) < 4.78 is 57.5. The first-order valence-electron chi connectivity index (χ1n) is 16.8. The lowest BCUT2D eigenvalue weighted by Crippen LogP contribution is -2.52. The molecule has 5 atom stereocenters. The number of fused-ring (bicyclic) bond motifs is 2.